The highest BCUT2D eigenvalue weighted by Gasteiger charge is 2.25. The first-order valence-electron chi connectivity index (χ1n) is 17.7. The van der Waals surface area contributed by atoms with Gasteiger partial charge < -0.3 is 40.4 Å². The molecule has 0 atom stereocenters. The lowest BCUT2D eigenvalue weighted by atomic mass is 10.2. The molecule has 22 nitrogen and oxygen atoms in total. The molecule has 2 heterocycles. The Kier molecular flexibility index (Phi) is 20.3. The molecule has 22 heteroatoms. The largest absolute Gasteiger partial charge is 0.480 e. The second-order valence-corrected chi connectivity index (χ2v) is 13.3. The van der Waals surface area contributed by atoms with Gasteiger partial charge in [0.05, 0.1) is 39.3 Å². The average molecular weight is 775 g/mol. The summed E-state index contributed by atoms with van der Waals surface area (Å²) in [6.45, 7) is -0.0112. The molecule has 2 aliphatic rings. The van der Waals surface area contributed by atoms with E-state index < -0.39 is 47.6 Å². The van der Waals surface area contributed by atoms with Gasteiger partial charge in [0, 0.05) is 118 Å². The summed E-state index contributed by atoms with van der Waals surface area (Å²) in [6.07, 6.45) is -0.497. The molecule has 2 fully saturated rings. The van der Waals surface area contributed by atoms with Crippen LogP contribution in [-0.4, -0.2) is 261 Å². The summed E-state index contributed by atoms with van der Waals surface area (Å²) in [5.74, 6) is -7.51. The first-order chi connectivity index (χ1) is 25.5. The zero-order chi connectivity index (χ0) is 40.2. The molecular formula is C32H54N8O14. The van der Waals surface area contributed by atoms with Crippen LogP contribution in [0.4, 0.5) is 0 Å². The van der Waals surface area contributed by atoms with Crippen LogP contribution in [0.2, 0.25) is 0 Å². The molecule has 0 aromatic heterocycles. The maximum Gasteiger partial charge on any atom is 0.317 e. The summed E-state index contributed by atoms with van der Waals surface area (Å²) >= 11 is 0. The fourth-order valence-corrected chi connectivity index (χ4v) is 6.20. The van der Waals surface area contributed by atoms with Gasteiger partial charge in [-0.25, -0.2) is 0 Å². The first-order valence-corrected chi connectivity index (χ1v) is 17.7. The van der Waals surface area contributed by atoms with Crippen molar-refractivity contribution in [3.8, 4) is 0 Å². The van der Waals surface area contributed by atoms with Crippen LogP contribution in [-0.2, 0) is 38.4 Å². The third kappa shape index (κ3) is 19.6. The van der Waals surface area contributed by atoms with Gasteiger partial charge in [-0.15, -0.1) is 0 Å². The quantitative estimate of drug-likeness (QED) is 0.0919. The van der Waals surface area contributed by atoms with Gasteiger partial charge in [0.25, 0.3) is 0 Å². The smallest absolute Gasteiger partial charge is 0.317 e. The highest BCUT2D eigenvalue weighted by Crippen LogP contribution is 2.08. The average Bonchev–Trinajstić information content (AvgIpc) is 3.05. The van der Waals surface area contributed by atoms with E-state index in [1.807, 2.05) is 0 Å². The van der Waals surface area contributed by atoms with Crippen molar-refractivity contribution < 1.29 is 69.0 Å². The molecule has 0 spiro atoms. The number of carbonyl (C=O) groups is 8. The minimum atomic E-state index is -1.12. The maximum absolute atomic E-state index is 13.6. The molecule has 2 amide bonds. The minimum Gasteiger partial charge on any atom is -0.480 e. The normalized spacial score (nSPS) is 19.4. The monoisotopic (exact) mass is 774 g/mol. The molecule has 2 aliphatic heterocycles. The lowest BCUT2D eigenvalue weighted by molar-refractivity contribution is -0.142. The van der Waals surface area contributed by atoms with E-state index in [4.69, 9.17) is 0 Å². The van der Waals surface area contributed by atoms with Crippen LogP contribution in [0, 0.1) is 0 Å². The predicted molar refractivity (Wildman–Crippen MR) is 187 cm³/mol. The number of aliphatic carboxylic acids is 6. The fraction of sp³-hybridized carbons (Fsp3) is 0.750. The van der Waals surface area contributed by atoms with Gasteiger partial charge in [-0.3, -0.25) is 67.8 Å². The van der Waals surface area contributed by atoms with Crippen LogP contribution >= 0.6 is 0 Å². The van der Waals surface area contributed by atoms with E-state index in [9.17, 15) is 69.0 Å². The van der Waals surface area contributed by atoms with Gasteiger partial charge in [-0.1, -0.05) is 0 Å². The Morgan fingerprint density at radius 3 is 0.574 bits per heavy atom. The molecule has 6 N–H and O–H groups in total. The van der Waals surface area contributed by atoms with E-state index in [1.54, 1.807) is 29.4 Å². The van der Waals surface area contributed by atoms with Gasteiger partial charge in [0.1, 0.15) is 0 Å². The molecule has 0 aromatic carbocycles. The zero-order valence-electron chi connectivity index (χ0n) is 30.5. The van der Waals surface area contributed by atoms with Crippen molar-refractivity contribution in [3.63, 3.8) is 0 Å². The van der Waals surface area contributed by atoms with Crippen LogP contribution < -0.4 is 0 Å². The topological polar surface area (TPSA) is 284 Å². The highest BCUT2D eigenvalue weighted by molar-refractivity contribution is 5.84. The lowest BCUT2D eigenvalue weighted by Gasteiger charge is -2.34. The molecule has 0 radical (unpaired) electrons. The van der Waals surface area contributed by atoms with Gasteiger partial charge in [-0.2, -0.15) is 0 Å². The van der Waals surface area contributed by atoms with Crippen LogP contribution in [0.3, 0.4) is 0 Å². The van der Waals surface area contributed by atoms with Crippen molar-refractivity contribution >= 4 is 47.6 Å². The van der Waals surface area contributed by atoms with Gasteiger partial charge in [-0.05, 0) is 0 Å². The van der Waals surface area contributed by atoms with Gasteiger partial charge in [0.15, 0.2) is 0 Å². The van der Waals surface area contributed by atoms with Crippen LogP contribution in [0.5, 0.6) is 0 Å². The molecular weight excluding hydrogens is 720 g/mol. The number of hydrogen-bond donors (Lipinski definition) is 6. The highest BCUT2D eigenvalue weighted by atomic mass is 16.4. The second kappa shape index (κ2) is 24.0. The SMILES string of the molecule is O=C(O)CN1CCN(CC(=O)O)CCN(C(=O)CCC(=O)N2CCN(CC(=O)O)CCN(CC(=O)O)CCN(CC(=O)O)CC2)CCN(CC(=O)O)CC1. The second-order valence-electron chi connectivity index (χ2n) is 13.3. The van der Waals surface area contributed by atoms with E-state index in [0.29, 0.717) is 0 Å². The Morgan fingerprint density at radius 2 is 0.426 bits per heavy atom. The zero-order valence-corrected chi connectivity index (χ0v) is 30.5. The van der Waals surface area contributed by atoms with E-state index in [1.165, 1.54) is 9.80 Å². The van der Waals surface area contributed by atoms with E-state index in [0.717, 1.165) is 0 Å². The first kappa shape index (κ1) is 45.7. The molecule has 0 aliphatic carbocycles. The molecule has 2 saturated heterocycles. The molecule has 2 rings (SSSR count). The Balaban J connectivity index is 2.22. The molecule has 0 bridgehead atoms. The maximum atomic E-state index is 13.6. The molecule has 306 valence electrons. The lowest BCUT2D eigenvalue weighted by Crippen LogP contribution is -2.50. The summed E-state index contributed by atoms with van der Waals surface area (Å²) in [5, 5.41) is 56.6. The molecule has 0 aromatic rings. The Hall–Kier alpha value is -4.48. The number of carbonyl (C=O) groups excluding carboxylic acids is 2. The van der Waals surface area contributed by atoms with Crippen molar-refractivity contribution in [2.45, 2.75) is 12.8 Å². The standard InChI is InChI=1S/C32H54N8O14/c41-25(39-15-11-35(21-29(47)48)7-3-33(19-27(43)44)4-8-36(12-16-39)22-30(49)50)1-2-26(42)40-17-13-37(23-31(51)52)9-5-34(20-28(45)46)6-10-38(14-18-40)24-32(53)54/h1-24H2,(H,43,44)(H,45,46)(H,47,48)(H,49,50)(H,51,52)(H,53,54). The van der Waals surface area contributed by atoms with Crippen molar-refractivity contribution in [2.24, 2.45) is 0 Å². The predicted octanol–water partition coefficient (Wildman–Crippen LogP) is -4.23. The third-order valence-electron chi connectivity index (χ3n) is 9.09. The van der Waals surface area contributed by atoms with E-state index >= 15 is 0 Å². The molecule has 0 unspecified atom stereocenters. The minimum absolute atomic E-state index is 0.0526. The number of amides is 2. The molecule has 54 heavy (non-hydrogen) atoms. The number of carboxylic acids is 6. The van der Waals surface area contributed by atoms with Crippen molar-refractivity contribution in [1.82, 2.24) is 39.2 Å². The summed E-state index contributed by atoms with van der Waals surface area (Å²) in [6, 6.07) is 0. The van der Waals surface area contributed by atoms with Crippen molar-refractivity contribution in [3.05, 3.63) is 0 Å². The Labute approximate surface area is 312 Å². The van der Waals surface area contributed by atoms with E-state index in [2.05, 4.69) is 0 Å². The summed E-state index contributed by atoms with van der Waals surface area (Å²) < 4.78 is 0. The molecule has 0 saturated carbocycles. The van der Waals surface area contributed by atoms with Crippen LogP contribution in [0.25, 0.3) is 0 Å². The van der Waals surface area contributed by atoms with Crippen molar-refractivity contribution in [1.29, 1.82) is 0 Å². The summed E-state index contributed by atoms with van der Waals surface area (Å²) in [7, 11) is 0. The fourth-order valence-electron chi connectivity index (χ4n) is 6.20. The number of nitrogens with zero attached hydrogens (tertiary/aromatic N) is 8. The van der Waals surface area contributed by atoms with E-state index in [-0.39, 0.29) is 157 Å². The number of rotatable bonds is 15. The summed E-state index contributed by atoms with van der Waals surface area (Å²) in [4.78, 5) is 109. The number of hydrogen-bond acceptors (Lipinski definition) is 14. The summed E-state index contributed by atoms with van der Waals surface area (Å²) in [5.41, 5.74) is 0. The van der Waals surface area contributed by atoms with Crippen LogP contribution in [0.1, 0.15) is 12.8 Å². The van der Waals surface area contributed by atoms with Crippen molar-refractivity contribution in [2.75, 3.05) is 144 Å². The van der Waals surface area contributed by atoms with Crippen LogP contribution in [0.15, 0.2) is 0 Å². The van der Waals surface area contributed by atoms with Gasteiger partial charge >= 0.3 is 35.8 Å². The third-order valence-corrected chi connectivity index (χ3v) is 9.09. The number of carboxylic acid groups (broad SMARTS) is 6. The van der Waals surface area contributed by atoms with Gasteiger partial charge in [0.2, 0.25) is 11.8 Å². The Morgan fingerprint density at radius 1 is 0.278 bits per heavy atom. The Bertz CT molecular complexity index is 1150.